The van der Waals surface area contributed by atoms with Crippen LogP contribution in [0.15, 0.2) is 48.6 Å². The SMILES string of the molecule is CCN(CC)C1CCC(C=CC2CCC(N(C3CCC(C=CC4CCC(N(CC)CC)CC4)CC3)C3CCC(C4CC5CCC6CC(C7CCC(N(C8CCC(C=CC9CCC(N(CC)CC)CC9)CC8)C8CCC(C=CC9CCC(N(CC)CC)CC9)CC8)CC7)CC7CCC(C4)C5C67)CC3)CC2)CC1. The molecule has 0 radical (unpaired) electrons. The average molecular weight is 1460 g/mol. The van der Waals surface area contributed by atoms with Gasteiger partial charge in [0.25, 0.3) is 0 Å². The second-order valence-corrected chi connectivity index (χ2v) is 40.8. The molecule has 106 heavy (non-hydrogen) atoms. The Morgan fingerprint density at radius 2 is 0.302 bits per heavy atom. The molecule has 14 aliphatic rings. The van der Waals surface area contributed by atoms with Gasteiger partial charge in [-0.1, -0.05) is 104 Å². The number of nitrogens with zero attached hydrogens (tertiary/aromatic N) is 6. The van der Waals surface area contributed by atoms with Crippen molar-refractivity contribution in [3.63, 3.8) is 0 Å². The molecule has 0 aromatic heterocycles. The van der Waals surface area contributed by atoms with E-state index >= 15 is 0 Å². The lowest BCUT2D eigenvalue weighted by atomic mass is 9.44. The molecule has 602 valence electrons. The molecule has 0 aromatic carbocycles. The lowest BCUT2D eigenvalue weighted by Gasteiger charge is -2.61. The van der Waals surface area contributed by atoms with Gasteiger partial charge < -0.3 is 19.6 Å². The van der Waals surface area contributed by atoms with Crippen LogP contribution in [-0.4, -0.2) is 142 Å². The van der Waals surface area contributed by atoms with E-state index in [1.807, 2.05) is 0 Å². The quantitative estimate of drug-likeness (QED) is 0.0722. The topological polar surface area (TPSA) is 19.4 Å². The van der Waals surface area contributed by atoms with Crippen molar-refractivity contribution in [2.24, 2.45) is 107 Å². The monoisotopic (exact) mass is 1460 g/mol. The molecule has 14 aliphatic carbocycles. The lowest BCUT2D eigenvalue weighted by molar-refractivity contribution is -0.115. The van der Waals surface area contributed by atoms with Crippen molar-refractivity contribution in [3.05, 3.63) is 48.6 Å². The first-order valence-electron chi connectivity index (χ1n) is 49.3. The van der Waals surface area contributed by atoms with Crippen LogP contribution in [0, 0.1) is 107 Å². The fourth-order valence-electron chi connectivity index (χ4n) is 30.0. The minimum atomic E-state index is 0.825. The fraction of sp³-hybridized carbons (Fsp3) is 0.920. The first-order valence-corrected chi connectivity index (χ1v) is 49.3. The van der Waals surface area contributed by atoms with Gasteiger partial charge in [0, 0.05) is 60.4 Å². The van der Waals surface area contributed by atoms with Gasteiger partial charge in [-0.05, 0) is 467 Å². The zero-order chi connectivity index (χ0) is 72.9. The van der Waals surface area contributed by atoms with E-state index in [1.54, 1.807) is 77.0 Å². The predicted octanol–water partition coefficient (Wildman–Crippen LogP) is 24.9. The Bertz CT molecular complexity index is 2250. The Balaban J connectivity index is 0.561. The summed E-state index contributed by atoms with van der Waals surface area (Å²) in [5, 5.41) is 0. The molecule has 0 N–H and O–H groups in total. The van der Waals surface area contributed by atoms with Gasteiger partial charge in [0.05, 0.1) is 0 Å². The summed E-state index contributed by atoms with van der Waals surface area (Å²) in [5.41, 5.74) is 0. The zero-order valence-corrected chi connectivity index (χ0v) is 71.1. The molecule has 0 saturated heterocycles. The Hall–Kier alpha value is -1.28. The number of hydrogen-bond donors (Lipinski definition) is 0. The van der Waals surface area contributed by atoms with E-state index < -0.39 is 0 Å². The van der Waals surface area contributed by atoms with E-state index in [4.69, 9.17) is 0 Å². The Labute approximate surface area is 657 Å². The van der Waals surface area contributed by atoms with E-state index in [1.165, 1.54) is 284 Å². The van der Waals surface area contributed by atoms with Gasteiger partial charge >= 0.3 is 0 Å². The van der Waals surface area contributed by atoms with Crippen LogP contribution in [0.3, 0.4) is 0 Å². The minimum absolute atomic E-state index is 0.825. The maximum Gasteiger partial charge on any atom is 0.0102 e. The molecule has 0 heterocycles. The highest BCUT2D eigenvalue weighted by atomic mass is 15.2. The first kappa shape index (κ1) is 81.3. The normalized spacial score (nSPS) is 43.3. The van der Waals surface area contributed by atoms with E-state index in [9.17, 15) is 0 Å². The van der Waals surface area contributed by atoms with Gasteiger partial charge in [0.2, 0.25) is 0 Å². The number of rotatable bonds is 28. The summed E-state index contributed by atoms with van der Waals surface area (Å²) in [6, 6.07) is 8.38. The van der Waals surface area contributed by atoms with Crippen LogP contribution in [0.2, 0.25) is 0 Å². The van der Waals surface area contributed by atoms with Crippen LogP contribution in [0.4, 0.5) is 0 Å². The van der Waals surface area contributed by atoms with Gasteiger partial charge in [-0.15, -0.1) is 0 Å². The lowest BCUT2D eigenvalue weighted by Crippen LogP contribution is -2.54. The summed E-state index contributed by atoms with van der Waals surface area (Å²) < 4.78 is 0. The van der Waals surface area contributed by atoms with E-state index in [-0.39, 0.29) is 0 Å². The predicted molar refractivity (Wildman–Crippen MR) is 454 cm³/mol. The third kappa shape index (κ3) is 20.3. The molecule has 4 unspecified atom stereocenters. The summed E-state index contributed by atoms with van der Waals surface area (Å²) in [4.78, 5) is 17.6. The van der Waals surface area contributed by atoms with Crippen LogP contribution < -0.4 is 0 Å². The first-order chi connectivity index (χ1) is 52.1. The molecule has 14 fully saturated rings. The highest BCUT2D eigenvalue weighted by Crippen LogP contribution is 2.64. The third-order valence-corrected chi connectivity index (χ3v) is 36.1. The number of allylic oxidation sites excluding steroid dienone is 8. The smallest absolute Gasteiger partial charge is 0.0102 e. The summed E-state index contributed by atoms with van der Waals surface area (Å²) in [5.74, 6) is 17.2. The second kappa shape index (κ2) is 40.3. The third-order valence-electron chi connectivity index (χ3n) is 36.1. The van der Waals surface area contributed by atoms with Gasteiger partial charge in [0.15, 0.2) is 0 Å². The van der Waals surface area contributed by atoms with Crippen molar-refractivity contribution < 1.29 is 0 Å². The van der Waals surface area contributed by atoms with Crippen molar-refractivity contribution >= 4 is 0 Å². The van der Waals surface area contributed by atoms with E-state index in [0.29, 0.717) is 0 Å². The molecule has 0 amide bonds. The maximum atomic E-state index is 3.35. The molecular formula is C100H172N6. The van der Waals surface area contributed by atoms with Gasteiger partial charge in [0.1, 0.15) is 0 Å². The van der Waals surface area contributed by atoms with Gasteiger partial charge in [-0.25, -0.2) is 0 Å². The molecule has 4 atom stereocenters. The molecule has 0 spiro atoms. The molecule has 6 nitrogen and oxygen atoms in total. The Morgan fingerprint density at radius 1 is 0.160 bits per heavy atom. The maximum absolute atomic E-state index is 3.35. The molecule has 6 heteroatoms. The van der Waals surface area contributed by atoms with Crippen LogP contribution in [-0.2, 0) is 0 Å². The summed E-state index contributed by atoms with van der Waals surface area (Å²) in [7, 11) is 0. The van der Waals surface area contributed by atoms with Crippen molar-refractivity contribution in [1.29, 1.82) is 0 Å². The van der Waals surface area contributed by atoms with Crippen LogP contribution in [0.25, 0.3) is 0 Å². The van der Waals surface area contributed by atoms with Gasteiger partial charge in [-0.2, -0.15) is 0 Å². The average Bonchev–Trinajstić information content (AvgIpc) is 0.736. The second-order valence-electron chi connectivity index (χ2n) is 40.8. The summed E-state index contributed by atoms with van der Waals surface area (Å²) >= 11 is 0. The molecule has 14 saturated carbocycles. The molecular weight excluding hydrogens is 1290 g/mol. The largest absolute Gasteiger partial charge is 0.301 e. The molecule has 0 bridgehead atoms. The van der Waals surface area contributed by atoms with Crippen LogP contribution in [0.5, 0.6) is 0 Å². The van der Waals surface area contributed by atoms with Crippen molar-refractivity contribution in [3.8, 4) is 0 Å². The van der Waals surface area contributed by atoms with Crippen LogP contribution in [0.1, 0.15) is 364 Å². The highest BCUT2D eigenvalue weighted by molar-refractivity contribution is 5.09. The molecule has 0 aliphatic heterocycles. The van der Waals surface area contributed by atoms with Crippen molar-refractivity contribution in [2.45, 2.75) is 424 Å². The van der Waals surface area contributed by atoms with Gasteiger partial charge in [-0.3, -0.25) is 9.80 Å². The van der Waals surface area contributed by atoms with E-state index in [0.717, 1.165) is 167 Å². The Morgan fingerprint density at radius 3 is 0.462 bits per heavy atom. The molecule has 0 aromatic rings. The minimum Gasteiger partial charge on any atom is -0.301 e. The summed E-state index contributed by atoms with van der Waals surface area (Å²) in [6.45, 7) is 28.8. The van der Waals surface area contributed by atoms with Crippen molar-refractivity contribution in [1.82, 2.24) is 29.4 Å². The Kier molecular flexibility index (Phi) is 30.9. The fourth-order valence-corrected chi connectivity index (χ4v) is 30.0. The zero-order valence-electron chi connectivity index (χ0n) is 71.1. The summed E-state index contributed by atoms with van der Waals surface area (Å²) in [6.07, 6.45) is 93.3. The molecule has 14 rings (SSSR count). The standard InChI is InChI=1S/C100H172N6/c1-9-101(10-2)89-49-25-73(26-50-89)17-21-77-33-57-93(58-34-77)105(94-59-35-78(36-60-94)22-18-74-27-51-90(52-28-74)102(11-3)12-4)97-65-45-81(46-66-97)87-69-83-41-43-85-71-88(72-86-44-42-84(70-87)99(83)100(85)86)82-47-67-98(68-48-82)106(95-61-37-79(38-62-95)23-19-75-29-53-91(54-30-75)103(13-5)14-6)96-63-39-80(40-64-96)24-20-76-31-55-92(56-32-76)104(15-7)16-8/h17-24,73-100H,9-16,25-72H2,1-8H3. The van der Waals surface area contributed by atoms with E-state index in [2.05, 4.69) is 133 Å². The van der Waals surface area contributed by atoms with Crippen molar-refractivity contribution in [2.75, 3.05) is 52.4 Å². The highest BCUT2D eigenvalue weighted by Gasteiger charge is 2.56. The number of hydrogen-bond acceptors (Lipinski definition) is 6. The van der Waals surface area contributed by atoms with Crippen LogP contribution >= 0.6 is 0 Å².